The summed E-state index contributed by atoms with van der Waals surface area (Å²) < 4.78 is 10.4. The third kappa shape index (κ3) is 4.51. The molecule has 1 aliphatic heterocycles. The van der Waals surface area contributed by atoms with Crippen LogP contribution in [-0.4, -0.2) is 69.5 Å². The maximum atomic E-state index is 9.75. The normalized spacial score (nSPS) is 34.9. The second-order valence-corrected chi connectivity index (χ2v) is 4.75. The molecule has 0 amide bonds. The zero-order valence-electron chi connectivity index (χ0n) is 10.7. The van der Waals surface area contributed by atoms with Gasteiger partial charge >= 0.3 is 0 Å². The van der Waals surface area contributed by atoms with Crippen molar-refractivity contribution in [3.63, 3.8) is 0 Å². The van der Waals surface area contributed by atoms with Crippen LogP contribution in [0, 0.1) is 0 Å². The van der Waals surface area contributed by atoms with E-state index in [4.69, 9.17) is 26.8 Å². The molecule has 19 heavy (non-hydrogen) atoms. The minimum atomic E-state index is -1.43. The second kappa shape index (κ2) is 7.93. The summed E-state index contributed by atoms with van der Waals surface area (Å²) in [5, 5.41) is 40.6. The van der Waals surface area contributed by atoms with Gasteiger partial charge in [-0.25, -0.2) is 0 Å². The fourth-order valence-corrected chi connectivity index (χ4v) is 1.89. The lowest BCUT2D eigenvalue weighted by Gasteiger charge is -2.40. The molecule has 0 spiro atoms. The first-order valence-corrected chi connectivity index (χ1v) is 6.65. The zero-order chi connectivity index (χ0) is 14.4. The maximum absolute atomic E-state index is 9.75. The zero-order valence-corrected chi connectivity index (χ0v) is 11.5. The van der Waals surface area contributed by atoms with Gasteiger partial charge in [-0.15, -0.1) is 0 Å². The van der Waals surface area contributed by atoms with E-state index in [2.05, 4.69) is 5.32 Å². The molecule has 1 aliphatic rings. The van der Waals surface area contributed by atoms with Crippen LogP contribution >= 0.6 is 12.2 Å². The number of aliphatic hydroxyl groups is 4. The Labute approximate surface area is 117 Å². The first-order valence-electron chi connectivity index (χ1n) is 6.25. The van der Waals surface area contributed by atoms with Crippen LogP contribution in [0.3, 0.4) is 0 Å². The summed E-state index contributed by atoms with van der Waals surface area (Å²) >= 11 is 4.91. The Morgan fingerprint density at radius 3 is 2.53 bits per heavy atom. The summed E-state index contributed by atoms with van der Waals surface area (Å²) in [7, 11) is 0. The molecule has 8 heteroatoms. The highest BCUT2D eigenvalue weighted by Gasteiger charge is 2.43. The number of ether oxygens (including phenoxy) is 2. The lowest BCUT2D eigenvalue weighted by Crippen LogP contribution is -2.63. The molecule has 1 heterocycles. The van der Waals surface area contributed by atoms with Gasteiger partial charge < -0.3 is 35.2 Å². The van der Waals surface area contributed by atoms with Gasteiger partial charge in [0.15, 0.2) is 6.23 Å². The van der Waals surface area contributed by atoms with Gasteiger partial charge in [0.05, 0.1) is 13.2 Å². The topological polar surface area (TPSA) is 111 Å². The SMILES string of the molecule is CCCCOC(=S)N[C@@H]1O[C@H](CO)[C@H](O)[C@@H](O)[C@@H]1O. The molecule has 0 aromatic rings. The summed E-state index contributed by atoms with van der Waals surface area (Å²) in [4.78, 5) is 0. The number of hydrogen-bond acceptors (Lipinski definition) is 7. The van der Waals surface area contributed by atoms with Crippen LogP contribution in [0.25, 0.3) is 0 Å². The number of aliphatic hydroxyl groups excluding tert-OH is 4. The standard InChI is InChI=1S/C11H21NO6S/c1-2-3-4-17-11(19)12-10-9(16)8(15)7(14)6(5-13)18-10/h6-10,13-16H,2-5H2,1H3,(H,12,19)/t6-,7+,8-,9+,10-/m1/s1. The Kier molecular flexibility index (Phi) is 6.90. The summed E-state index contributed by atoms with van der Waals surface area (Å²) in [5.41, 5.74) is 0. The Bertz CT molecular complexity index is 290. The third-order valence-electron chi connectivity index (χ3n) is 2.88. The van der Waals surface area contributed by atoms with Crippen molar-refractivity contribution in [2.24, 2.45) is 0 Å². The van der Waals surface area contributed by atoms with E-state index in [0.29, 0.717) is 6.61 Å². The molecule has 5 atom stereocenters. The highest BCUT2D eigenvalue weighted by atomic mass is 32.1. The molecule has 0 radical (unpaired) electrons. The van der Waals surface area contributed by atoms with Crippen molar-refractivity contribution in [3.05, 3.63) is 0 Å². The fraction of sp³-hybridized carbons (Fsp3) is 0.909. The lowest BCUT2D eigenvalue weighted by molar-refractivity contribution is -0.233. The average Bonchev–Trinajstić information content (AvgIpc) is 2.39. The van der Waals surface area contributed by atoms with Crippen LogP contribution < -0.4 is 5.32 Å². The van der Waals surface area contributed by atoms with Crippen molar-refractivity contribution < 1.29 is 29.9 Å². The van der Waals surface area contributed by atoms with Gasteiger partial charge in [0.2, 0.25) is 0 Å². The first-order chi connectivity index (χ1) is 9.01. The highest BCUT2D eigenvalue weighted by Crippen LogP contribution is 2.19. The molecule has 0 aliphatic carbocycles. The molecular weight excluding hydrogens is 274 g/mol. The smallest absolute Gasteiger partial charge is 0.258 e. The van der Waals surface area contributed by atoms with Crippen LogP contribution in [-0.2, 0) is 9.47 Å². The van der Waals surface area contributed by atoms with Crippen LogP contribution in [0.2, 0.25) is 0 Å². The molecule has 5 N–H and O–H groups in total. The molecule has 7 nitrogen and oxygen atoms in total. The highest BCUT2D eigenvalue weighted by molar-refractivity contribution is 7.80. The van der Waals surface area contributed by atoms with Crippen LogP contribution in [0.1, 0.15) is 19.8 Å². The van der Waals surface area contributed by atoms with Gasteiger partial charge in [0, 0.05) is 0 Å². The largest absolute Gasteiger partial charge is 0.471 e. The van der Waals surface area contributed by atoms with Gasteiger partial charge in [-0.3, -0.25) is 0 Å². The third-order valence-corrected chi connectivity index (χ3v) is 3.12. The van der Waals surface area contributed by atoms with E-state index >= 15 is 0 Å². The Morgan fingerprint density at radius 2 is 1.95 bits per heavy atom. The van der Waals surface area contributed by atoms with Crippen molar-refractivity contribution in [1.29, 1.82) is 0 Å². The predicted octanol–water partition coefficient (Wildman–Crippen LogP) is -1.52. The molecule has 112 valence electrons. The molecular formula is C11H21NO6S. The molecule has 0 aromatic carbocycles. The average molecular weight is 295 g/mol. The summed E-state index contributed by atoms with van der Waals surface area (Å²) in [6.07, 6.45) is -4.38. The lowest BCUT2D eigenvalue weighted by atomic mass is 9.98. The van der Waals surface area contributed by atoms with E-state index < -0.39 is 37.3 Å². The molecule has 0 saturated carbocycles. The van der Waals surface area contributed by atoms with Crippen molar-refractivity contribution in [1.82, 2.24) is 5.32 Å². The van der Waals surface area contributed by atoms with Crippen molar-refractivity contribution in [3.8, 4) is 0 Å². The van der Waals surface area contributed by atoms with Gasteiger partial charge in [-0.2, -0.15) is 0 Å². The summed E-state index contributed by atoms with van der Waals surface area (Å²) in [6.45, 7) is 1.98. The second-order valence-electron chi connectivity index (χ2n) is 4.38. The van der Waals surface area contributed by atoms with Gasteiger partial charge in [0.25, 0.3) is 5.17 Å². The van der Waals surface area contributed by atoms with E-state index in [9.17, 15) is 15.3 Å². The number of thiocarbonyl (C=S) groups is 1. The van der Waals surface area contributed by atoms with E-state index in [-0.39, 0.29) is 5.17 Å². The minimum absolute atomic E-state index is 0.0396. The Morgan fingerprint density at radius 1 is 1.26 bits per heavy atom. The van der Waals surface area contributed by atoms with Crippen LogP contribution in [0.5, 0.6) is 0 Å². The van der Waals surface area contributed by atoms with Crippen LogP contribution in [0.15, 0.2) is 0 Å². The number of hydrogen-bond donors (Lipinski definition) is 5. The first kappa shape index (κ1) is 16.5. The van der Waals surface area contributed by atoms with E-state index in [0.717, 1.165) is 12.8 Å². The minimum Gasteiger partial charge on any atom is -0.471 e. The quantitative estimate of drug-likeness (QED) is 0.307. The monoisotopic (exact) mass is 295 g/mol. The van der Waals surface area contributed by atoms with Crippen molar-refractivity contribution in [2.45, 2.75) is 50.4 Å². The van der Waals surface area contributed by atoms with Crippen LogP contribution in [0.4, 0.5) is 0 Å². The van der Waals surface area contributed by atoms with E-state index in [1.54, 1.807) is 0 Å². The molecule has 1 saturated heterocycles. The van der Waals surface area contributed by atoms with E-state index in [1.165, 1.54) is 0 Å². The number of nitrogens with one attached hydrogen (secondary N) is 1. The fourth-order valence-electron chi connectivity index (χ4n) is 1.69. The number of rotatable bonds is 5. The molecule has 0 bridgehead atoms. The van der Waals surface area contributed by atoms with E-state index in [1.807, 2.05) is 6.92 Å². The molecule has 0 aromatic heterocycles. The summed E-state index contributed by atoms with van der Waals surface area (Å²) in [6, 6.07) is 0. The van der Waals surface area contributed by atoms with Gasteiger partial charge in [-0.05, 0) is 18.6 Å². The predicted molar refractivity (Wildman–Crippen MR) is 70.4 cm³/mol. The molecule has 1 fully saturated rings. The van der Waals surface area contributed by atoms with Gasteiger partial charge in [-0.1, -0.05) is 13.3 Å². The van der Waals surface area contributed by atoms with Crippen molar-refractivity contribution in [2.75, 3.05) is 13.2 Å². The van der Waals surface area contributed by atoms with Gasteiger partial charge in [0.1, 0.15) is 24.4 Å². The maximum Gasteiger partial charge on any atom is 0.258 e. The molecule has 0 unspecified atom stereocenters. The Hall–Kier alpha value is -0.510. The number of unbranched alkanes of at least 4 members (excludes halogenated alkanes) is 1. The molecule has 1 rings (SSSR count). The van der Waals surface area contributed by atoms with Crippen molar-refractivity contribution >= 4 is 17.4 Å². The summed E-state index contributed by atoms with van der Waals surface area (Å²) in [5.74, 6) is 0. The Balaban J connectivity index is 2.49.